The minimum absolute atomic E-state index is 0.187. The number of halogens is 1. The molecule has 0 bridgehead atoms. The summed E-state index contributed by atoms with van der Waals surface area (Å²) < 4.78 is 5.84. The maximum atomic E-state index is 12.7. The Morgan fingerprint density at radius 2 is 1.87 bits per heavy atom. The van der Waals surface area contributed by atoms with Crippen LogP contribution in [0.15, 0.2) is 54.6 Å². The highest BCUT2D eigenvalue weighted by atomic mass is 35.5. The van der Waals surface area contributed by atoms with E-state index in [4.69, 9.17) is 16.3 Å². The number of aromatic nitrogens is 2. The summed E-state index contributed by atoms with van der Waals surface area (Å²) in [6.07, 6.45) is 3.89. The van der Waals surface area contributed by atoms with Crippen molar-refractivity contribution in [2.75, 3.05) is 31.6 Å². The molecule has 0 saturated carbocycles. The van der Waals surface area contributed by atoms with Crippen molar-refractivity contribution in [3.05, 3.63) is 65.3 Å². The fourth-order valence-corrected chi connectivity index (χ4v) is 3.79. The van der Waals surface area contributed by atoms with Gasteiger partial charge in [-0.1, -0.05) is 36.2 Å². The van der Waals surface area contributed by atoms with Gasteiger partial charge in [-0.25, -0.2) is 0 Å². The number of ether oxygens (including phenoxy) is 1. The molecular weight excluding hydrogens is 400 g/mol. The molecule has 4 rings (SSSR count). The Morgan fingerprint density at radius 1 is 1.10 bits per heavy atom. The third-order valence-electron chi connectivity index (χ3n) is 5.25. The van der Waals surface area contributed by atoms with Crippen molar-refractivity contribution >= 4 is 23.2 Å². The lowest BCUT2D eigenvalue weighted by molar-refractivity contribution is 0.102. The first-order valence-corrected chi connectivity index (χ1v) is 10.6. The zero-order valence-electron chi connectivity index (χ0n) is 16.7. The Balaban J connectivity index is 1.35. The normalized spacial score (nSPS) is 14.4. The van der Waals surface area contributed by atoms with Crippen LogP contribution >= 0.6 is 11.6 Å². The van der Waals surface area contributed by atoms with Crippen LogP contribution in [-0.4, -0.2) is 47.2 Å². The van der Waals surface area contributed by atoms with Crippen LogP contribution in [0.3, 0.4) is 0 Å². The largest absolute Gasteiger partial charge is 0.492 e. The summed E-state index contributed by atoms with van der Waals surface area (Å²) in [4.78, 5) is 15.2. The highest BCUT2D eigenvalue weighted by molar-refractivity contribution is 6.29. The lowest BCUT2D eigenvalue weighted by Crippen LogP contribution is -2.33. The van der Waals surface area contributed by atoms with Crippen molar-refractivity contribution in [1.82, 2.24) is 15.1 Å². The molecule has 6 nitrogen and oxygen atoms in total. The number of H-pyrrole nitrogens is 1. The van der Waals surface area contributed by atoms with Gasteiger partial charge in [-0.15, -0.1) is 0 Å². The van der Waals surface area contributed by atoms with E-state index in [0.717, 1.165) is 36.6 Å². The molecule has 7 heteroatoms. The molecule has 0 aliphatic carbocycles. The number of rotatable bonds is 7. The number of aromatic amines is 1. The average Bonchev–Trinajstić information content (AvgIpc) is 3.21. The van der Waals surface area contributed by atoms with Gasteiger partial charge >= 0.3 is 0 Å². The summed E-state index contributed by atoms with van der Waals surface area (Å²) in [5, 5.41) is 10.2. The second-order valence-electron chi connectivity index (χ2n) is 7.38. The molecule has 2 heterocycles. The van der Waals surface area contributed by atoms with Crippen LogP contribution in [0.5, 0.6) is 5.75 Å². The third kappa shape index (κ3) is 5.20. The number of carbonyl (C=O) groups excluding carboxylic acids is 1. The second-order valence-corrected chi connectivity index (χ2v) is 7.77. The minimum atomic E-state index is -0.187. The van der Waals surface area contributed by atoms with Gasteiger partial charge in [0.1, 0.15) is 12.4 Å². The van der Waals surface area contributed by atoms with Crippen molar-refractivity contribution in [3.63, 3.8) is 0 Å². The number of benzene rings is 2. The lowest BCUT2D eigenvalue weighted by atomic mass is 10.1. The zero-order chi connectivity index (χ0) is 20.8. The van der Waals surface area contributed by atoms with Crippen LogP contribution in [0.2, 0.25) is 5.15 Å². The molecule has 156 valence electrons. The van der Waals surface area contributed by atoms with Gasteiger partial charge in [-0.2, -0.15) is 5.10 Å². The minimum Gasteiger partial charge on any atom is -0.492 e. The molecule has 0 unspecified atom stereocenters. The Bertz CT molecular complexity index is 981. The number of hydrogen-bond donors (Lipinski definition) is 2. The Hall–Kier alpha value is -2.83. The summed E-state index contributed by atoms with van der Waals surface area (Å²) in [6, 6.07) is 16.5. The molecule has 1 fully saturated rings. The smallest absolute Gasteiger partial charge is 0.255 e. The molecule has 1 aliphatic rings. The van der Waals surface area contributed by atoms with E-state index in [0.29, 0.717) is 23.0 Å². The van der Waals surface area contributed by atoms with Gasteiger partial charge in [-0.3, -0.25) is 14.8 Å². The summed E-state index contributed by atoms with van der Waals surface area (Å²) >= 11 is 5.92. The topological polar surface area (TPSA) is 70.2 Å². The van der Waals surface area contributed by atoms with Crippen LogP contribution in [0.1, 0.15) is 29.6 Å². The third-order valence-corrected chi connectivity index (χ3v) is 5.45. The summed E-state index contributed by atoms with van der Waals surface area (Å²) in [5.41, 5.74) is 2.82. The van der Waals surface area contributed by atoms with Crippen LogP contribution in [-0.2, 0) is 0 Å². The second kappa shape index (κ2) is 9.78. The van der Waals surface area contributed by atoms with Crippen LogP contribution in [0.4, 0.5) is 5.69 Å². The molecule has 2 N–H and O–H groups in total. The predicted octanol–water partition coefficient (Wildman–Crippen LogP) is 4.85. The monoisotopic (exact) mass is 424 g/mol. The van der Waals surface area contributed by atoms with E-state index in [1.807, 2.05) is 36.4 Å². The van der Waals surface area contributed by atoms with Crippen molar-refractivity contribution in [2.24, 2.45) is 0 Å². The first kappa shape index (κ1) is 20.4. The fourth-order valence-electron chi connectivity index (χ4n) is 3.63. The molecule has 1 saturated heterocycles. The zero-order valence-corrected chi connectivity index (χ0v) is 17.5. The standard InChI is InChI=1S/C23H25ClN4O2/c24-22-16-21(26-27-22)19-6-2-3-7-20(19)25-23(29)17-8-10-18(11-9-17)30-15-14-28-12-4-1-5-13-28/h2-3,6-11,16H,1,4-5,12-15H2,(H,25,29)(H,26,27). The molecule has 1 aliphatic heterocycles. The molecular formula is C23H25ClN4O2. The average molecular weight is 425 g/mol. The lowest BCUT2D eigenvalue weighted by Gasteiger charge is -2.26. The predicted molar refractivity (Wildman–Crippen MR) is 119 cm³/mol. The fraction of sp³-hybridized carbons (Fsp3) is 0.304. The number of para-hydroxylation sites is 1. The number of amides is 1. The van der Waals surface area contributed by atoms with Crippen LogP contribution in [0, 0.1) is 0 Å². The first-order valence-electron chi connectivity index (χ1n) is 10.3. The maximum absolute atomic E-state index is 12.7. The number of hydrogen-bond acceptors (Lipinski definition) is 4. The van der Waals surface area contributed by atoms with Crippen LogP contribution < -0.4 is 10.1 Å². The Morgan fingerprint density at radius 3 is 2.60 bits per heavy atom. The van der Waals surface area contributed by atoms with Gasteiger partial charge in [0.2, 0.25) is 0 Å². The number of nitrogens with one attached hydrogen (secondary N) is 2. The van der Waals surface area contributed by atoms with E-state index in [9.17, 15) is 4.79 Å². The molecule has 1 aromatic heterocycles. The number of anilines is 1. The molecule has 0 radical (unpaired) electrons. The van der Waals surface area contributed by atoms with Gasteiger partial charge in [0.15, 0.2) is 5.15 Å². The maximum Gasteiger partial charge on any atom is 0.255 e. The summed E-state index contributed by atoms with van der Waals surface area (Å²) in [6.45, 7) is 3.92. The molecule has 30 heavy (non-hydrogen) atoms. The van der Waals surface area contributed by atoms with Crippen LogP contribution in [0.25, 0.3) is 11.3 Å². The Kier molecular flexibility index (Phi) is 6.67. The van der Waals surface area contributed by atoms with E-state index >= 15 is 0 Å². The van der Waals surface area contributed by atoms with Gasteiger partial charge in [0.05, 0.1) is 11.4 Å². The van der Waals surface area contributed by atoms with E-state index < -0.39 is 0 Å². The van der Waals surface area contributed by atoms with Crippen molar-refractivity contribution in [3.8, 4) is 17.0 Å². The van der Waals surface area contributed by atoms with E-state index in [1.54, 1.807) is 18.2 Å². The van der Waals surface area contributed by atoms with Gasteiger partial charge < -0.3 is 10.1 Å². The van der Waals surface area contributed by atoms with Crippen molar-refractivity contribution in [2.45, 2.75) is 19.3 Å². The number of carbonyl (C=O) groups is 1. The first-order chi connectivity index (χ1) is 14.7. The quantitative estimate of drug-likeness (QED) is 0.569. The molecule has 2 aromatic carbocycles. The van der Waals surface area contributed by atoms with Crippen molar-refractivity contribution < 1.29 is 9.53 Å². The number of nitrogens with zero attached hydrogens (tertiary/aromatic N) is 2. The van der Waals surface area contributed by atoms with Gasteiger partial charge in [0, 0.05) is 23.7 Å². The van der Waals surface area contributed by atoms with Gasteiger partial charge in [0.25, 0.3) is 5.91 Å². The van der Waals surface area contributed by atoms with E-state index in [1.165, 1.54) is 19.3 Å². The summed E-state index contributed by atoms with van der Waals surface area (Å²) in [5.74, 6) is 0.587. The van der Waals surface area contributed by atoms with Crippen molar-refractivity contribution in [1.29, 1.82) is 0 Å². The molecule has 3 aromatic rings. The number of likely N-dealkylation sites (tertiary alicyclic amines) is 1. The molecule has 0 atom stereocenters. The SMILES string of the molecule is O=C(Nc1ccccc1-c1cc(Cl)n[nH]1)c1ccc(OCCN2CCCCC2)cc1. The molecule has 0 spiro atoms. The highest BCUT2D eigenvalue weighted by Gasteiger charge is 2.13. The Labute approximate surface area is 181 Å². The van der Waals surface area contributed by atoms with E-state index in [-0.39, 0.29) is 5.91 Å². The molecule has 1 amide bonds. The summed E-state index contributed by atoms with van der Waals surface area (Å²) in [7, 11) is 0. The van der Waals surface area contributed by atoms with Gasteiger partial charge in [-0.05, 0) is 56.3 Å². The number of piperidine rings is 1. The van der Waals surface area contributed by atoms with E-state index in [2.05, 4.69) is 20.4 Å². The highest BCUT2D eigenvalue weighted by Crippen LogP contribution is 2.28.